The molecule has 4 nitrogen and oxygen atoms in total. The standard InChI is InChI=1S/C14H29N3O/c1-4-17(13-6-7-13)14(18)11-16(9-5-8-15)10-12(2)3/h12-13H,4-11,15H2,1-3H3. The van der Waals surface area contributed by atoms with Gasteiger partial charge in [0.05, 0.1) is 6.54 Å². The average Bonchev–Trinajstić information content (AvgIpc) is 3.10. The molecule has 1 aliphatic rings. The summed E-state index contributed by atoms with van der Waals surface area (Å²) in [6, 6.07) is 0.526. The van der Waals surface area contributed by atoms with Crippen molar-refractivity contribution in [1.82, 2.24) is 9.80 Å². The van der Waals surface area contributed by atoms with E-state index in [2.05, 4.69) is 25.7 Å². The maximum atomic E-state index is 12.3. The highest BCUT2D eigenvalue weighted by Gasteiger charge is 2.31. The Hall–Kier alpha value is -0.610. The van der Waals surface area contributed by atoms with E-state index in [0.29, 0.717) is 25.0 Å². The van der Waals surface area contributed by atoms with Gasteiger partial charge in [0, 0.05) is 19.1 Å². The van der Waals surface area contributed by atoms with Crippen molar-refractivity contribution in [2.75, 3.05) is 32.7 Å². The van der Waals surface area contributed by atoms with Gasteiger partial charge in [0.25, 0.3) is 0 Å². The fourth-order valence-corrected chi connectivity index (χ4v) is 2.37. The van der Waals surface area contributed by atoms with E-state index >= 15 is 0 Å². The van der Waals surface area contributed by atoms with Crippen LogP contribution in [0.2, 0.25) is 0 Å². The minimum Gasteiger partial charge on any atom is -0.339 e. The summed E-state index contributed by atoms with van der Waals surface area (Å²) in [5.41, 5.74) is 5.56. The first-order chi connectivity index (χ1) is 8.58. The zero-order valence-corrected chi connectivity index (χ0v) is 12.2. The van der Waals surface area contributed by atoms with E-state index in [0.717, 1.165) is 26.1 Å². The Kier molecular flexibility index (Phi) is 6.65. The van der Waals surface area contributed by atoms with E-state index < -0.39 is 0 Å². The lowest BCUT2D eigenvalue weighted by Gasteiger charge is -2.27. The predicted molar refractivity (Wildman–Crippen MR) is 75.4 cm³/mol. The van der Waals surface area contributed by atoms with Crippen LogP contribution in [0, 0.1) is 5.92 Å². The van der Waals surface area contributed by atoms with Crippen LogP contribution in [0.4, 0.5) is 0 Å². The van der Waals surface area contributed by atoms with Gasteiger partial charge in [-0.3, -0.25) is 9.69 Å². The van der Waals surface area contributed by atoms with E-state index in [9.17, 15) is 4.79 Å². The summed E-state index contributed by atoms with van der Waals surface area (Å²) in [7, 11) is 0. The van der Waals surface area contributed by atoms with Crippen LogP contribution in [0.1, 0.15) is 40.0 Å². The molecule has 0 spiro atoms. The summed E-state index contributed by atoms with van der Waals surface area (Å²) < 4.78 is 0. The van der Waals surface area contributed by atoms with Crippen LogP contribution >= 0.6 is 0 Å². The molecule has 18 heavy (non-hydrogen) atoms. The molecule has 0 heterocycles. The third-order valence-electron chi connectivity index (χ3n) is 3.31. The molecule has 0 aromatic rings. The molecule has 0 atom stereocenters. The van der Waals surface area contributed by atoms with Crippen LogP contribution in [-0.4, -0.2) is 54.5 Å². The van der Waals surface area contributed by atoms with E-state index in [1.807, 2.05) is 4.90 Å². The van der Waals surface area contributed by atoms with Gasteiger partial charge in [-0.2, -0.15) is 0 Å². The van der Waals surface area contributed by atoms with E-state index in [4.69, 9.17) is 5.73 Å². The van der Waals surface area contributed by atoms with Gasteiger partial charge in [0.2, 0.25) is 5.91 Å². The third-order valence-corrected chi connectivity index (χ3v) is 3.31. The molecule has 2 N–H and O–H groups in total. The van der Waals surface area contributed by atoms with Crippen LogP contribution in [0.5, 0.6) is 0 Å². The summed E-state index contributed by atoms with van der Waals surface area (Å²) in [5, 5.41) is 0. The lowest BCUT2D eigenvalue weighted by atomic mass is 10.2. The zero-order chi connectivity index (χ0) is 13.5. The first-order valence-electron chi connectivity index (χ1n) is 7.30. The molecule has 1 fully saturated rings. The monoisotopic (exact) mass is 255 g/mol. The summed E-state index contributed by atoms with van der Waals surface area (Å²) in [6.45, 7) is 10.5. The van der Waals surface area contributed by atoms with Gasteiger partial charge in [0.1, 0.15) is 0 Å². The Bertz CT molecular complexity index is 251. The number of carbonyl (C=O) groups is 1. The molecule has 106 valence electrons. The largest absolute Gasteiger partial charge is 0.339 e. The highest BCUT2D eigenvalue weighted by Crippen LogP contribution is 2.26. The predicted octanol–water partition coefficient (Wildman–Crippen LogP) is 1.30. The van der Waals surface area contributed by atoms with Crippen molar-refractivity contribution in [3.63, 3.8) is 0 Å². The lowest BCUT2D eigenvalue weighted by molar-refractivity contribution is -0.132. The number of nitrogens with two attached hydrogens (primary N) is 1. The number of nitrogens with zero attached hydrogens (tertiary/aromatic N) is 2. The highest BCUT2D eigenvalue weighted by atomic mass is 16.2. The molecule has 0 unspecified atom stereocenters. The lowest BCUT2D eigenvalue weighted by Crippen LogP contribution is -2.43. The summed E-state index contributed by atoms with van der Waals surface area (Å²) in [5.74, 6) is 0.879. The number of hydrogen-bond acceptors (Lipinski definition) is 3. The molecule has 1 aliphatic carbocycles. The minimum absolute atomic E-state index is 0.290. The smallest absolute Gasteiger partial charge is 0.236 e. The van der Waals surface area contributed by atoms with Crippen LogP contribution in [-0.2, 0) is 4.79 Å². The van der Waals surface area contributed by atoms with Gasteiger partial charge in [-0.15, -0.1) is 0 Å². The van der Waals surface area contributed by atoms with Gasteiger partial charge >= 0.3 is 0 Å². The number of carbonyl (C=O) groups excluding carboxylic acids is 1. The maximum Gasteiger partial charge on any atom is 0.236 e. The normalized spacial score (nSPS) is 15.4. The summed E-state index contributed by atoms with van der Waals surface area (Å²) in [4.78, 5) is 16.6. The molecule has 0 radical (unpaired) electrons. The number of rotatable bonds is 9. The first-order valence-corrected chi connectivity index (χ1v) is 7.30. The second-order valence-electron chi connectivity index (χ2n) is 5.68. The highest BCUT2D eigenvalue weighted by molar-refractivity contribution is 5.78. The number of hydrogen-bond donors (Lipinski definition) is 1. The molecule has 0 saturated heterocycles. The van der Waals surface area contributed by atoms with Gasteiger partial charge < -0.3 is 10.6 Å². The van der Waals surface area contributed by atoms with Crippen molar-refractivity contribution in [2.24, 2.45) is 11.7 Å². The van der Waals surface area contributed by atoms with Crippen LogP contribution in [0.25, 0.3) is 0 Å². The van der Waals surface area contributed by atoms with Crippen molar-refractivity contribution in [3.05, 3.63) is 0 Å². The second kappa shape index (κ2) is 7.74. The summed E-state index contributed by atoms with van der Waals surface area (Å²) in [6.07, 6.45) is 3.34. The Morgan fingerprint density at radius 3 is 2.50 bits per heavy atom. The van der Waals surface area contributed by atoms with Crippen LogP contribution in [0.3, 0.4) is 0 Å². The van der Waals surface area contributed by atoms with Crippen LogP contribution in [0.15, 0.2) is 0 Å². The van der Waals surface area contributed by atoms with Crippen molar-refractivity contribution in [3.8, 4) is 0 Å². The number of likely N-dealkylation sites (N-methyl/N-ethyl adjacent to an activating group) is 1. The van der Waals surface area contributed by atoms with Crippen molar-refractivity contribution in [2.45, 2.75) is 46.1 Å². The van der Waals surface area contributed by atoms with Crippen LogP contribution < -0.4 is 5.73 Å². The van der Waals surface area contributed by atoms with Gasteiger partial charge in [0.15, 0.2) is 0 Å². The van der Waals surface area contributed by atoms with Gasteiger partial charge in [-0.1, -0.05) is 13.8 Å². The minimum atomic E-state index is 0.290. The molecular weight excluding hydrogens is 226 g/mol. The molecule has 0 aliphatic heterocycles. The zero-order valence-electron chi connectivity index (χ0n) is 12.2. The molecular formula is C14H29N3O. The fraction of sp³-hybridized carbons (Fsp3) is 0.929. The Labute approximate surface area is 111 Å². The van der Waals surface area contributed by atoms with Gasteiger partial charge in [-0.25, -0.2) is 0 Å². The summed E-state index contributed by atoms with van der Waals surface area (Å²) >= 11 is 0. The number of amides is 1. The Morgan fingerprint density at radius 2 is 2.06 bits per heavy atom. The average molecular weight is 255 g/mol. The molecule has 0 bridgehead atoms. The molecule has 4 heteroatoms. The molecule has 1 amide bonds. The van der Waals surface area contributed by atoms with E-state index in [1.54, 1.807) is 0 Å². The SMILES string of the molecule is CCN(C(=O)CN(CCCN)CC(C)C)C1CC1. The Balaban J connectivity index is 2.43. The van der Waals surface area contributed by atoms with Crippen molar-refractivity contribution < 1.29 is 4.79 Å². The fourth-order valence-electron chi connectivity index (χ4n) is 2.37. The maximum absolute atomic E-state index is 12.3. The molecule has 1 rings (SSSR count). The third kappa shape index (κ3) is 5.36. The quantitative estimate of drug-likeness (QED) is 0.676. The topological polar surface area (TPSA) is 49.6 Å². The van der Waals surface area contributed by atoms with Gasteiger partial charge in [-0.05, 0) is 45.2 Å². The molecule has 0 aromatic heterocycles. The first kappa shape index (κ1) is 15.4. The van der Waals surface area contributed by atoms with E-state index in [-0.39, 0.29) is 5.91 Å². The van der Waals surface area contributed by atoms with Crippen molar-refractivity contribution >= 4 is 5.91 Å². The van der Waals surface area contributed by atoms with E-state index in [1.165, 1.54) is 12.8 Å². The molecule has 0 aromatic carbocycles. The Morgan fingerprint density at radius 1 is 1.39 bits per heavy atom. The molecule has 1 saturated carbocycles. The van der Waals surface area contributed by atoms with Crippen molar-refractivity contribution in [1.29, 1.82) is 0 Å². The second-order valence-corrected chi connectivity index (χ2v) is 5.68.